The second-order valence-electron chi connectivity index (χ2n) is 4.97. The number of rotatable bonds is 8. The molecule has 1 aromatic rings. The molecule has 2 rings (SSSR count). The van der Waals surface area contributed by atoms with Crippen LogP contribution >= 0.6 is 11.8 Å². The van der Waals surface area contributed by atoms with Crippen molar-refractivity contribution in [3.63, 3.8) is 0 Å². The highest BCUT2D eigenvalue weighted by molar-refractivity contribution is 8.00. The van der Waals surface area contributed by atoms with Crippen molar-refractivity contribution in [2.45, 2.75) is 18.7 Å². The SMILES string of the molecule is CCN(CC)CCNC(=O)CSc1ccc2c(c1)OCCO2. The minimum absolute atomic E-state index is 0.0621. The first-order chi connectivity index (χ1) is 10.7. The first-order valence-electron chi connectivity index (χ1n) is 7.74. The summed E-state index contributed by atoms with van der Waals surface area (Å²) in [6.07, 6.45) is 0. The van der Waals surface area contributed by atoms with Gasteiger partial charge in [0.1, 0.15) is 13.2 Å². The smallest absolute Gasteiger partial charge is 0.230 e. The van der Waals surface area contributed by atoms with Gasteiger partial charge in [-0.15, -0.1) is 11.8 Å². The molecule has 0 bridgehead atoms. The number of carbonyl (C=O) groups excluding carboxylic acids is 1. The number of fused-ring (bicyclic) bond motifs is 1. The van der Waals surface area contributed by atoms with Crippen LogP contribution in [0.1, 0.15) is 13.8 Å². The van der Waals surface area contributed by atoms with Crippen molar-refractivity contribution < 1.29 is 14.3 Å². The molecule has 0 fully saturated rings. The van der Waals surface area contributed by atoms with E-state index in [4.69, 9.17) is 9.47 Å². The highest BCUT2D eigenvalue weighted by atomic mass is 32.2. The van der Waals surface area contributed by atoms with E-state index >= 15 is 0 Å². The molecule has 0 aromatic heterocycles. The van der Waals surface area contributed by atoms with Gasteiger partial charge in [-0.3, -0.25) is 4.79 Å². The Morgan fingerprint density at radius 2 is 1.95 bits per heavy atom. The Bertz CT molecular complexity index is 492. The summed E-state index contributed by atoms with van der Waals surface area (Å²) in [5, 5.41) is 2.96. The Hall–Kier alpha value is -1.40. The summed E-state index contributed by atoms with van der Waals surface area (Å²) >= 11 is 1.51. The normalized spacial score (nSPS) is 13.2. The molecule has 0 atom stereocenters. The van der Waals surface area contributed by atoms with Crippen LogP contribution in [0.4, 0.5) is 0 Å². The number of nitrogens with one attached hydrogen (secondary N) is 1. The van der Waals surface area contributed by atoms with Gasteiger partial charge in [-0.1, -0.05) is 13.8 Å². The molecule has 5 nitrogen and oxygen atoms in total. The van der Waals surface area contributed by atoms with Crippen LogP contribution in [0.15, 0.2) is 23.1 Å². The Morgan fingerprint density at radius 3 is 2.68 bits per heavy atom. The average molecular weight is 324 g/mol. The van der Waals surface area contributed by atoms with Crippen LogP contribution in [-0.4, -0.2) is 56.0 Å². The van der Waals surface area contributed by atoms with Crippen molar-refractivity contribution in [2.24, 2.45) is 0 Å². The summed E-state index contributed by atoms with van der Waals surface area (Å²) < 4.78 is 11.0. The second-order valence-corrected chi connectivity index (χ2v) is 6.02. The average Bonchev–Trinajstić information content (AvgIpc) is 2.56. The molecule has 122 valence electrons. The molecule has 1 aromatic carbocycles. The zero-order chi connectivity index (χ0) is 15.8. The maximum Gasteiger partial charge on any atom is 0.230 e. The summed E-state index contributed by atoms with van der Waals surface area (Å²) in [7, 11) is 0. The molecule has 1 heterocycles. The van der Waals surface area contributed by atoms with Gasteiger partial charge in [0.2, 0.25) is 5.91 Å². The number of ether oxygens (including phenoxy) is 2. The molecule has 0 aliphatic carbocycles. The van der Waals surface area contributed by atoms with Crippen LogP contribution in [-0.2, 0) is 4.79 Å². The molecule has 0 saturated heterocycles. The van der Waals surface area contributed by atoms with Gasteiger partial charge in [-0.2, -0.15) is 0 Å². The van der Waals surface area contributed by atoms with Crippen LogP contribution in [0.25, 0.3) is 0 Å². The van der Waals surface area contributed by atoms with E-state index in [1.54, 1.807) is 0 Å². The van der Waals surface area contributed by atoms with Gasteiger partial charge in [0.15, 0.2) is 11.5 Å². The van der Waals surface area contributed by atoms with Crippen molar-refractivity contribution >= 4 is 17.7 Å². The number of thioether (sulfide) groups is 1. The summed E-state index contributed by atoms with van der Waals surface area (Å²) in [5.74, 6) is 2.02. The topological polar surface area (TPSA) is 50.8 Å². The molecule has 22 heavy (non-hydrogen) atoms. The van der Waals surface area contributed by atoms with E-state index in [1.165, 1.54) is 11.8 Å². The molecule has 0 radical (unpaired) electrons. The molecule has 1 aliphatic heterocycles. The highest BCUT2D eigenvalue weighted by Crippen LogP contribution is 2.33. The van der Waals surface area contributed by atoms with E-state index in [1.807, 2.05) is 18.2 Å². The third-order valence-corrected chi connectivity index (χ3v) is 4.52. The van der Waals surface area contributed by atoms with E-state index in [0.717, 1.165) is 36.0 Å². The van der Waals surface area contributed by atoms with Gasteiger partial charge in [-0.25, -0.2) is 0 Å². The molecule has 0 unspecified atom stereocenters. The van der Waals surface area contributed by atoms with E-state index in [2.05, 4.69) is 24.1 Å². The van der Waals surface area contributed by atoms with Gasteiger partial charge in [0.25, 0.3) is 0 Å². The van der Waals surface area contributed by atoms with Gasteiger partial charge < -0.3 is 19.7 Å². The van der Waals surface area contributed by atoms with Crippen molar-refractivity contribution in [1.29, 1.82) is 0 Å². The molecular formula is C16H24N2O3S. The van der Waals surface area contributed by atoms with Crippen LogP contribution < -0.4 is 14.8 Å². The quantitative estimate of drug-likeness (QED) is 0.741. The number of benzene rings is 1. The number of amides is 1. The van der Waals surface area contributed by atoms with E-state index in [9.17, 15) is 4.79 Å². The van der Waals surface area contributed by atoms with Crippen LogP contribution in [0, 0.1) is 0 Å². The van der Waals surface area contributed by atoms with E-state index < -0.39 is 0 Å². The van der Waals surface area contributed by atoms with E-state index in [0.29, 0.717) is 25.5 Å². The second kappa shape index (κ2) is 8.90. The number of hydrogen-bond acceptors (Lipinski definition) is 5. The summed E-state index contributed by atoms with van der Waals surface area (Å²) in [4.78, 5) is 15.2. The molecule has 0 spiro atoms. The Labute approximate surface area is 136 Å². The zero-order valence-electron chi connectivity index (χ0n) is 13.3. The molecule has 6 heteroatoms. The molecule has 1 aliphatic rings. The maximum absolute atomic E-state index is 11.9. The third kappa shape index (κ3) is 5.10. The maximum atomic E-state index is 11.9. The Kier molecular flexibility index (Phi) is 6.86. The molecule has 1 amide bonds. The first-order valence-corrected chi connectivity index (χ1v) is 8.73. The highest BCUT2D eigenvalue weighted by Gasteiger charge is 2.12. The lowest BCUT2D eigenvalue weighted by Gasteiger charge is -2.19. The predicted molar refractivity (Wildman–Crippen MR) is 89.0 cm³/mol. The molecular weight excluding hydrogens is 300 g/mol. The minimum atomic E-state index is 0.0621. The van der Waals surface area contributed by atoms with Gasteiger partial charge in [0, 0.05) is 18.0 Å². The number of hydrogen-bond donors (Lipinski definition) is 1. The third-order valence-electron chi connectivity index (χ3n) is 3.53. The van der Waals surface area contributed by atoms with Crippen molar-refractivity contribution in [1.82, 2.24) is 10.2 Å². The van der Waals surface area contributed by atoms with Crippen LogP contribution in [0.3, 0.4) is 0 Å². The van der Waals surface area contributed by atoms with E-state index in [-0.39, 0.29) is 5.91 Å². The summed E-state index contributed by atoms with van der Waals surface area (Å²) in [6.45, 7) is 9.04. The van der Waals surface area contributed by atoms with Crippen molar-refractivity contribution in [3.05, 3.63) is 18.2 Å². The lowest BCUT2D eigenvalue weighted by molar-refractivity contribution is -0.118. The van der Waals surface area contributed by atoms with Crippen molar-refractivity contribution in [2.75, 3.05) is 45.1 Å². The van der Waals surface area contributed by atoms with Gasteiger partial charge in [-0.05, 0) is 31.3 Å². The largest absolute Gasteiger partial charge is 0.486 e. The minimum Gasteiger partial charge on any atom is -0.486 e. The summed E-state index contributed by atoms with van der Waals surface area (Å²) in [5.41, 5.74) is 0. The number of nitrogens with zero attached hydrogens (tertiary/aromatic N) is 1. The molecule has 1 N–H and O–H groups in total. The summed E-state index contributed by atoms with van der Waals surface area (Å²) in [6, 6.07) is 5.79. The first kappa shape index (κ1) is 17.0. The van der Waals surface area contributed by atoms with Crippen molar-refractivity contribution in [3.8, 4) is 11.5 Å². The Morgan fingerprint density at radius 1 is 1.23 bits per heavy atom. The Balaban J connectivity index is 1.72. The fourth-order valence-electron chi connectivity index (χ4n) is 2.21. The fourth-order valence-corrected chi connectivity index (χ4v) is 2.96. The number of carbonyl (C=O) groups is 1. The van der Waals surface area contributed by atoms with Gasteiger partial charge >= 0.3 is 0 Å². The zero-order valence-corrected chi connectivity index (χ0v) is 14.1. The molecule has 0 saturated carbocycles. The monoisotopic (exact) mass is 324 g/mol. The van der Waals surface area contributed by atoms with Crippen LogP contribution in [0.2, 0.25) is 0 Å². The number of likely N-dealkylation sites (N-methyl/N-ethyl adjacent to an activating group) is 1. The standard InChI is InChI=1S/C16H24N2O3S/c1-3-18(4-2)8-7-17-16(19)12-22-13-5-6-14-15(11-13)21-10-9-20-14/h5-6,11H,3-4,7-10,12H2,1-2H3,(H,17,19). The predicted octanol–water partition coefficient (Wildman–Crippen LogP) is 2.01. The fraction of sp³-hybridized carbons (Fsp3) is 0.562. The van der Waals surface area contributed by atoms with Crippen LogP contribution in [0.5, 0.6) is 11.5 Å². The van der Waals surface area contributed by atoms with Gasteiger partial charge in [0.05, 0.1) is 5.75 Å². The lowest BCUT2D eigenvalue weighted by atomic mass is 10.3. The lowest BCUT2D eigenvalue weighted by Crippen LogP contribution is -2.35.